The van der Waals surface area contributed by atoms with Gasteiger partial charge in [0.25, 0.3) is 0 Å². The normalized spacial score (nSPS) is 11.6. The van der Waals surface area contributed by atoms with Crippen LogP contribution in [0.15, 0.2) is 271 Å². The van der Waals surface area contributed by atoms with Gasteiger partial charge in [0, 0.05) is 64.6 Å². The quantitative estimate of drug-likeness (QED) is 0.134. The molecule has 0 radical (unpaired) electrons. The second-order valence-corrected chi connectivity index (χ2v) is 19.5. The Morgan fingerprint density at radius 2 is 0.833 bits per heavy atom. The van der Waals surface area contributed by atoms with E-state index in [-0.39, 0.29) is 0 Å². The summed E-state index contributed by atoms with van der Waals surface area (Å²) in [6.45, 7) is 0. The SMILES string of the molecule is c1ccc(-c2cccc3c2oc2c(N(c4ccc(-c5ccc6c(N(c7ccccc7)c7ccccc7)cc7ccccc7c6c5)cc4)c4ccc5sc6cccc(-c7ccccc7)c6c5c4)cccc23)cc1. The molecule has 3 nitrogen and oxygen atoms in total. The van der Waals surface area contributed by atoms with Gasteiger partial charge >= 0.3 is 0 Å². The molecule has 0 amide bonds. The maximum Gasteiger partial charge on any atom is 0.159 e. The number of fused-ring (bicyclic) bond motifs is 9. The van der Waals surface area contributed by atoms with Crippen LogP contribution in [-0.2, 0) is 0 Å². The molecule has 338 valence electrons. The smallest absolute Gasteiger partial charge is 0.159 e. The van der Waals surface area contributed by atoms with Gasteiger partial charge in [-0.2, -0.15) is 0 Å². The molecule has 0 atom stereocenters. The zero-order chi connectivity index (χ0) is 47.5. The molecule has 0 N–H and O–H groups in total. The molecular formula is C68H44N2OS. The maximum absolute atomic E-state index is 7.12. The molecule has 0 bridgehead atoms. The molecule has 0 aliphatic carbocycles. The van der Waals surface area contributed by atoms with E-state index >= 15 is 0 Å². The highest BCUT2D eigenvalue weighted by molar-refractivity contribution is 7.26. The van der Waals surface area contributed by atoms with Gasteiger partial charge in [0.1, 0.15) is 5.58 Å². The Labute approximate surface area is 421 Å². The summed E-state index contributed by atoms with van der Waals surface area (Å²) in [5, 5.41) is 9.50. The number of thiophene rings is 1. The molecule has 0 aliphatic rings. The predicted octanol–water partition coefficient (Wildman–Crippen LogP) is 20.2. The summed E-state index contributed by atoms with van der Waals surface area (Å²) in [4.78, 5) is 4.76. The zero-order valence-electron chi connectivity index (χ0n) is 39.1. The average molecular weight is 937 g/mol. The fraction of sp³-hybridized carbons (Fsp3) is 0. The number of para-hydroxylation sites is 4. The number of nitrogens with zero attached hydrogens (tertiary/aromatic N) is 2. The predicted molar refractivity (Wildman–Crippen MR) is 307 cm³/mol. The van der Waals surface area contributed by atoms with Gasteiger partial charge < -0.3 is 14.2 Å². The van der Waals surface area contributed by atoms with Crippen LogP contribution in [0.2, 0.25) is 0 Å². The Hall–Kier alpha value is -9.22. The summed E-state index contributed by atoms with van der Waals surface area (Å²) < 4.78 is 9.65. The summed E-state index contributed by atoms with van der Waals surface area (Å²) in [5.41, 5.74) is 15.1. The van der Waals surface area contributed by atoms with Crippen LogP contribution in [0.3, 0.4) is 0 Å². The lowest BCUT2D eigenvalue weighted by Crippen LogP contribution is -2.10. The summed E-state index contributed by atoms with van der Waals surface area (Å²) >= 11 is 1.85. The molecule has 12 aromatic carbocycles. The van der Waals surface area contributed by atoms with Crippen molar-refractivity contribution in [2.24, 2.45) is 0 Å². The Morgan fingerprint density at radius 1 is 0.278 bits per heavy atom. The molecule has 0 spiro atoms. The molecule has 0 fully saturated rings. The van der Waals surface area contributed by atoms with E-state index in [1.54, 1.807) is 0 Å². The highest BCUT2D eigenvalue weighted by atomic mass is 32.1. The fourth-order valence-corrected chi connectivity index (χ4v) is 12.0. The van der Waals surface area contributed by atoms with Crippen LogP contribution in [0, 0.1) is 0 Å². The van der Waals surface area contributed by atoms with Crippen LogP contribution in [0.5, 0.6) is 0 Å². The number of hydrogen-bond donors (Lipinski definition) is 0. The Kier molecular flexibility index (Phi) is 10.0. The van der Waals surface area contributed by atoms with E-state index in [4.69, 9.17) is 4.42 Å². The summed E-state index contributed by atoms with van der Waals surface area (Å²) in [6, 6.07) is 96.5. The molecule has 0 saturated carbocycles. The minimum Gasteiger partial charge on any atom is -0.453 e. The molecule has 14 rings (SSSR count). The molecule has 72 heavy (non-hydrogen) atoms. The maximum atomic E-state index is 7.12. The van der Waals surface area contributed by atoms with E-state index in [1.807, 2.05) is 11.3 Å². The first-order chi connectivity index (χ1) is 35.7. The summed E-state index contributed by atoms with van der Waals surface area (Å²) in [5.74, 6) is 0. The Morgan fingerprint density at radius 3 is 1.57 bits per heavy atom. The molecule has 2 heterocycles. The van der Waals surface area contributed by atoms with Crippen molar-refractivity contribution >= 4 is 109 Å². The van der Waals surface area contributed by atoms with Crippen molar-refractivity contribution in [1.29, 1.82) is 0 Å². The number of hydrogen-bond acceptors (Lipinski definition) is 4. The first-order valence-electron chi connectivity index (χ1n) is 24.5. The lowest BCUT2D eigenvalue weighted by molar-refractivity contribution is 0.670. The molecule has 2 aromatic heterocycles. The molecule has 0 unspecified atom stereocenters. The van der Waals surface area contributed by atoms with Gasteiger partial charge in [0.05, 0.1) is 11.4 Å². The van der Waals surface area contributed by atoms with E-state index in [2.05, 4.69) is 277 Å². The monoisotopic (exact) mass is 936 g/mol. The molecular weight excluding hydrogens is 893 g/mol. The molecule has 0 saturated heterocycles. The van der Waals surface area contributed by atoms with Gasteiger partial charge in [0.15, 0.2) is 5.58 Å². The summed E-state index contributed by atoms with van der Waals surface area (Å²) in [7, 11) is 0. The van der Waals surface area contributed by atoms with Crippen molar-refractivity contribution in [2.45, 2.75) is 0 Å². The second-order valence-electron chi connectivity index (χ2n) is 18.4. The third-order valence-corrected chi connectivity index (χ3v) is 15.4. The number of benzene rings is 12. The largest absolute Gasteiger partial charge is 0.453 e. The van der Waals surface area contributed by atoms with E-state index in [9.17, 15) is 0 Å². The van der Waals surface area contributed by atoms with Gasteiger partial charge in [-0.3, -0.25) is 0 Å². The van der Waals surface area contributed by atoms with E-state index in [1.165, 1.54) is 52.8 Å². The van der Waals surface area contributed by atoms with E-state index < -0.39 is 0 Å². The third-order valence-electron chi connectivity index (χ3n) is 14.2. The lowest BCUT2D eigenvalue weighted by Gasteiger charge is -2.27. The van der Waals surface area contributed by atoms with Crippen molar-refractivity contribution in [3.05, 3.63) is 267 Å². The summed E-state index contributed by atoms with van der Waals surface area (Å²) in [6.07, 6.45) is 0. The van der Waals surface area contributed by atoms with Crippen molar-refractivity contribution in [3.8, 4) is 33.4 Å². The van der Waals surface area contributed by atoms with Crippen LogP contribution in [0.1, 0.15) is 0 Å². The first-order valence-corrected chi connectivity index (χ1v) is 25.3. The van der Waals surface area contributed by atoms with Crippen LogP contribution in [0.25, 0.3) is 97.0 Å². The van der Waals surface area contributed by atoms with Gasteiger partial charge in [-0.1, -0.05) is 188 Å². The van der Waals surface area contributed by atoms with Gasteiger partial charge in [-0.05, 0) is 123 Å². The van der Waals surface area contributed by atoms with Crippen LogP contribution in [-0.4, -0.2) is 0 Å². The second kappa shape index (κ2) is 17.3. The average Bonchev–Trinajstić information content (AvgIpc) is 4.04. The highest BCUT2D eigenvalue weighted by Gasteiger charge is 2.23. The number of rotatable bonds is 9. The minimum atomic E-state index is 0.845. The standard InChI is InChI=1S/C68H44N2OS/c1-5-18-46(19-6-1)55-28-17-33-65-66(55)61-44-53(39-41-64(61)72-65)70(62-32-16-31-59-58-30-15-29-56(67(58)71-68(59)62)47-20-7-2-8-21-47)52-37-34-45(35-38-52)48-36-40-57-60(42-48)54-27-14-13-22-49(54)43-63(57)69(50-23-9-3-10-24-50)51-25-11-4-12-26-51/h1-44H. The van der Waals surface area contributed by atoms with Crippen molar-refractivity contribution in [1.82, 2.24) is 0 Å². The molecule has 4 heteroatoms. The minimum absolute atomic E-state index is 0.845. The van der Waals surface area contributed by atoms with Crippen molar-refractivity contribution in [2.75, 3.05) is 9.80 Å². The van der Waals surface area contributed by atoms with Gasteiger partial charge in [-0.25, -0.2) is 0 Å². The van der Waals surface area contributed by atoms with Crippen LogP contribution in [0.4, 0.5) is 34.1 Å². The first kappa shape index (κ1) is 41.7. The molecule has 14 aromatic rings. The molecule has 0 aliphatic heterocycles. The van der Waals surface area contributed by atoms with E-state index in [0.717, 1.165) is 78.3 Å². The number of anilines is 6. The topological polar surface area (TPSA) is 19.6 Å². The third kappa shape index (κ3) is 7.03. The van der Waals surface area contributed by atoms with E-state index in [0.29, 0.717) is 0 Å². The zero-order valence-corrected chi connectivity index (χ0v) is 39.9. The number of furan rings is 1. The van der Waals surface area contributed by atoms with Crippen LogP contribution >= 0.6 is 11.3 Å². The van der Waals surface area contributed by atoms with Gasteiger partial charge in [-0.15, -0.1) is 11.3 Å². The van der Waals surface area contributed by atoms with Crippen LogP contribution < -0.4 is 9.80 Å². The highest BCUT2D eigenvalue weighted by Crippen LogP contribution is 2.48. The van der Waals surface area contributed by atoms with Crippen molar-refractivity contribution < 1.29 is 4.42 Å². The van der Waals surface area contributed by atoms with Gasteiger partial charge in [0.2, 0.25) is 0 Å². The Balaban J connectivity index is 0.943. The fourth-order valence-electron chi connectivity index (χ4n) is 10.9. The van der Waals surface area contributed by atoms with Crippen molar-refractivity contribution in [3.63, 3.8) is 0 Å². The lowest BCUT2D eigenvalue weighted by atomic mass is 9.95. The Bertz CT molecular complexity index is 4280.